The van der Waals surface area contributed by atoms with Gasteiger partial charge in [0.25, 0.3) is 0 Å². The molecule has 0 bridgehead atoms. The van der Waals surface area contributed by atoms with Gasteiger partial charge in [0, 0.05) is 68.9 Å². The minimum Gasteiger partial charge on any atom is -0.456 e. The zero-order valence-electron chi connectivity index (χ0n) is 44.7. The molecule has 386 valence electrons. The van der Waals surface area contributed by atoms with E-state index in [4.69, 9.17) is 8.83 Å². The molecule has 0 aliphatic carbocycles. The Morgan fingerprint density at radius 2 is 0.675 bits per heavy atom. The predicted molar refractivity (Wildman–Crippen MR) is 350 cm³/mol. The van der Waals surface area contributed by atoms with Gasteiger partial charge in [0.2, 0.25) is 0 Å². The molecule has 0 saturated carbocycles. The van der Waals surface area contributed by atoms with E-state index >= 15 is 0 Å². The summed E-state index contributed by atoms with van der Waals surface area (Å²) in [6.45, 7) is 0. The molecular weight excluding hydrogens is 1030 g/mol. The summed E-state index contributed by atoms with van der Waals surface area (Å²) in [5, 5.41) is 11.8. The van der Waals surface area contributed by atoms with Gasteiger partial charge in [0.1, 0.15) is 22.3 Å². The Kier molecular flexibility index (Phi) is 9.93. The zero-order valence-corrected chi connectivity index (χ0v) is 45.5. The molecule has 4 nitrogen and oxygen atoms in total. The topological polar surface area (TPSA) is 36.1 Å². The number of benzene rings is 13. The van der Waals surface area contributed by atoms with Gasteiger partial charge in [-0.05, 0) is 141 Å². The van der Waals surface area contributed by atoms with E-state index in [1.54, 1.807) is 0 Å². The van der Waals surface area contributed by atoms with Gasteiger partial charge in [-0.1, -0.05) is 194 Å². The van der Waals surface area contributed by atoms with E-state index in [0.717, 1.165) is 116 Å². The monoisotopic (exact) mass is 1070 g/mol. The Morgan fingerprint density at radius 3 is 1.29 bits per heavy atom. The van der Waals surface area contributed by atoms with E-state index < -0.39 is 0 Å². The van der Waals surface area contributed by atoms with E-state index in [1.807, 2.05) is 23.5 Å². The number of rotatable bonds is 7. The fourth-order valence-corrected chi connectivity index (χ4v) is 15.1. The third-order valence-corrected chi connectivity index (χ3v) is 18.5. The average Bonchev–Trinajstić information content (AvgIpc) is 3.66. The Hall–Kier alpha value is -10.7. The number of furan rings is 2. The molecule has 0 amide bonds. The molecule has 0 fully saturated rings. The lowest BCUT2D eigenvalue weighted by molar-refractivity contribution is 0.668. The molecule has 0 atom stereocenters. The molecule has 0 N–H and O–H groups in total. The predicted octanol–water partition coefficient (Wildman–Crippen LogP) is 22.4. The maximum Gasteiger partial charge on any atom is 0.136 e. The number of fused-ring (bicyclic) bond motifs is 15. The van der Waals surface area contributed by atoms with Crippen LogP contribution in [0, 0.1) is 0 Å². The van der Waals surface area contributed by atoms with Crippen LogP contribution in [0.4, 0.5) is 0 Å². The molecule has 0 spiro atoms. The molecule has 5 heterocycles. The number of para-hydroxylation sites is 4. The van der Waals surface area contributed by atoms with E-state index in [1.165, 1.54) is 58.4 Å². The molecule has 83 heavy (non-hydrogen) atoms. The summed E-state index contributed by atoms with van der Waals surface area (Å²) < 4.78 is 20.6. The molecule has 5 aromatic heterocycles. The highest BCUT2D eigenvalue weighted by atomic mass is 32.1. The first kappa shape index (κ1) is 46.1. The van der Waals surface area contributed by atoms with Crippen LogP contribution in [0.1, 0.15) is 0 Å². The SMILES string of the molecule is c1ccc(-c2cccc3oc4ccccc4c23)c(-c2cccc(-c3ccccc3-c3cccc4oc5ccccc5c34)c2-c2ccc3c(c2)c2cc(-n4c5ccccc5c5ccccc54)ccc2n3-c2cccc3sc4ccccc4c23)c1. The smallest absolute Gasteiger partial charge is 0.136 e. The Morgan fingerprint density at radius 1 is 0.253 bits per heavy atom. The molecule has 0 saturated heterocycles. The summed E-state index contributed by atoms with van der Waals surface area (Å²) in [5.74, 6) is 0. The van der Waals surface area contributed by atoms with Crippen molar-refractivity contribution in [3.05, 3.63) is 279 Å². The minimum atomic E-state index is 0.871. The van der Waals surface area contributed by atoms with E-state index in [-0.39, 0.29) is 0 Å². The van der Waals surface area contributed by atoms with Crippen molar-refractivity contribution in [2.24, 2.45) is 0 Å². The average molecular weight is 1080 g/mol. The van der Waals surface area contributed by atoms with Crippen LogP contribution >= 0.6 is 11.3 Å². The third-order valence-electron chi connectivity index (χ3n) is 17.4. The fraction of sp³-hybridized carbons (Fsp3) is 0. The Bertz CT molecular complexity index is 5490. The number of aromatic nitrogens is 2. The van der Waals surface area contributed by atoms with E-state index in [0.29, 0.717) is 0 Å². The van der Waals surface area contributed by atoms with Crippen molar-refractivity contribution in [3.63, 3.8) is 0 Å². The van der Waals surface area contributed by atoms with Gasteiger partial charge in [-0.25, -0.2) is 0 Å². The van der Waals surface area contributed by atoms with Crippen LogP contribution in [0.2, 0.25) is 0 Å². The van der Waals surface area contributed by atoms with Gasteiger partial charge in [0.05, 0.1) is 27.8 Å². The van der Waals surface area contributed by atoms with Crippen molar-refractivity contribution in [1.82, 2.24) is 9.13 Å². The van der Waals surface area contributed by atoms with Crippen LogP contribution in [0.15, 0.2) is 288 Å². The molecule has 0 radical (unpaired) electrons. The normalized spacial score (nSPS) is 12.1. The second-order valence-corrected chi connectivity index (χ2v) is 22.8. The van der Waals surface area contributed by atoms with Gasteiger partial charge < -0.3 is 18.0 Å². The summed E-state index contributed by atoms with van der Waals surface area (Å²) in [7, 11) is 0. The van der Waals surface area contributed by atoms with Crippen LogP contribution in [-0.2, 0) is 0 Å². The first-order chi connectivity index (χ1) is 41.2. The number of nitrogens with zero attached hydrogens (tertiary/aromatic N) is 2. The van der Waals surface area contributed by atoms with Gasteiger partial charge in [0.15, 0.2) is 0 Å². The minimum absolute atomic E-state index is 0.871. The number of hydrogen-bond donors (Lipinski definition) is 0. The molecular formula is C78H46N2O2S. The highest BCUT2D eigenvalue weighted by molar-refractivity contribution is 7.25. The highest BCUT2D eigenvalue weighted by Gasteiger charge is 2.25. The summed E-state index contributed by atoms with van der Waals surface area (Å²) in [5.41, 5.74) is 21.8. The van der Waals surface area contributed by atoms with Crippen molar-refractivity contribution in [2.75, 3.05) is 0 Å². The van der Waals surface area contributed by atoms with Crippen molar-refractivity contribution in [3.8, 4) is 67.0 Å². The quantitative estimate of drug-likeness (QED) is 0.159. The van der Waals surface area contributed by atoms with Gasteiger partial charge in [-0.3, -0.25) is 0 Å². The molecule has 13 aromatic carbocycles. The van der Waals surface area contributed by atoms with Crippen LogP contribution in [-0.4, -0.2) is 9.13 Å². The van der Waals surface area contributed by atoms with Crippen LogP contribution in [0.5, 0.6) is 0 Å². The third kappa shape index (κ3) is 6.80. The first-order valence-corrected chi connectivity index (χ1v) is 29.1. The van der Waals surface area contributed by atoms with Gasteiger partial charge in [-0.2, -0.15) is 0 Å². The number of thiophene rings is 1. The van der Waals surface area contributed by atoms with Crippen molar-refractivity contribution in [2.45, 2.75) is 0 Å². The Balaban J connectivity index is 0.949. The second-order valence-electron chi connectivity index (χ2n) is 21.8. The maximum atomic E-state index is 6.55. The zero-order chi connectivity index (χ0) is 54.3. The van der Waals surface area contributed by atoms with E-state index in [9.17, 15) is 0 Å². The lowest BCUT2D eigenvalue weighted by atomic mass is 9.82. The van der Waals surface area contributed by atoms with Crippen molar-refractivity contribution >= 4 is 119 Å². The van der Waals surface area contributed by atoms with Gasteiger partial charge >= 0.3 is 0 Å². The van der Waals surface area contributed by atoms with Crippen molar-refractivity contribution in [1.29, 1.82) is 0 Å². The summed E-state index contributed by atoms with van der Waals surface area (Å²) in [6.07, 6.45) is 0. The standard InChI is InChI=1S/C78H46N2O2S/c1-3-21-51(57-30-16-37-71-76(57)59-25-7-12-35-69(59)81-71)49(19-1)55-28-15-29-56(50-20-2-4-22-52(50)58-31-17-38-72-77(58)60-26-8-13-36-70(60)82-72)75(55)47-41-43-66-62(45-47)63-46-48(79-64-32-10-5-23-53(64)54-24-6-11-33-65(54)79)42-44-67(63)80(66)68-34-18-40-74-78(68)61-27-9-14-39-73(61)83-74/h1-46H. The van der Waals surface area contributed by atoms with Crippen LogP contribution in [0.3, 0.4) is 0 Å². The molecule has 18 aromatic rings. The number of hydrogen-bond acceptors (Lipinski definition) is 3. The first-order valence-electron chi connectivity index (χ1n) is 28.3. The van der Waals surface area contributed by atoms with Crippen LogP contribution in [0.25, 0.3) is 175 Å². The lowest BCUT2D eigenvalue weighted by Gasteiger charge is -2.21. The molecule has 18 rings (SSSR count). The fourth-order valence-electron chi connectivity index (χ4n) is 13.9. The molecule has 0 unspecified atom stereocenters. The lowest BCUT2D eigenvalue weighted by Crippen LogP contribution is -1.96. The second kappa shape index (κ2) is 17.9. The summed E-state index contributed by atoms with van der Waals surface area (Å²) >= 11 is 1.86. The maximum absolute atomic E-state index is 6.55. The van der Waals surface area contributed by atoms with E-state index in [2.05, 4.69) is 276 Å². The largest absolute Gasteiger partial charge is 0.456 e. The van der Waals surface area contributed by atoms with Gasteiger partial charge in [-0.15, -0.1) is 11.3 Å². The van der Waals surface area contributed by atoms with Crippen LogP contribution < -0.4 is 0 Å². The molecule has 5 heteroatoms. The summed E-state index contributed by atoms with van der Waals surface area (Å²) in [4.78, 5) is 0. The van der Waals surface area contributed by atoms with Crippen molar-refractivity contribution < 1.29 is 8.83 Å². The summed E-state index contributed by atoms with van der Waals surface area (Å²) in [6, 6.07) is 102. The highest BCUT2D eigenvalue weighted by Crippen LogP contribution is 2.50. The molecule has 0 aliphatic heterocycles. The molecule has 0 aliphatic rings. The Labute approximate surface area is 480 Å².